The minimum Gasteiger partial charge on any atom is -0.411 e. The van der Waals surface area contributed by atoms with Crippen molar-refractivity contribution in [2.45, 2.75) is 19.8 Å². The van der Waals surface area contributed by atoms with E-state index < -0.39 is 0 Å². The second-order valence-electron chi connectivity index (χ2n) is 3.73. The highest BCUT2D eigenvalue weighted by Gasteiger charge is 2.04. The summed E-state index contributed by atoms with van der Waals surface area (Å²) >= 11 is 0. The summed E-state index contributed by atoms with van der Waals surface area (Å²) in [6.07, 6.45) is 5.34. The molecular weight excluding hydrogens is 200 g/mol. The highest BCUT2D eigenvalue weighted by molar-refractivity contribution is 6.03. The Bertz CT molecular complexity index is 520. The normalized spacial score (nSPS) is 11.9. The largest absolute Gasteiger partial charge is 0.411 e. The van der Waals surface area contributed by atoms with Crippen molar-refractivity contribution in [2.24, 2.45) is 5.16 Å². The quantitative estimate of drug-likeness (QED) is 0.484. The summed E-state index contributed by atoms with van der Waals surface area (Å²) in [5, 5.41) is 14.5. The maximum absolute atomic E-state index is 8.96. The molecule has 0 aliphatic rings. The van der Waals surface area contributed by atoms with Gasteiger partial charge in [-0.15, -0.1) is 0 Å². The van der Waals surface area contributed by atoms with Gasteiger partial charge < -0.3 is 5.21 Å². The highest BCUT2D eigenvalue weighted by Crippen LogP contribution is 2.16. The van der Waals surface area contributed by atoms with E-state index in [2.05, 4.69) is 17.1 Å². The molecular formula is C13H14N2O. The summed E-state index contributed by atoms with van der Waals surface area (Å²) in [4.78, 5) is 4.06. The summed E-state index contributed by atoms with van der Waals surface area (Å²) < 4.78 is 0. The number of oxime groups is 1. The lowest BCUT2D eigenvalue weighted by Crippen LogP contribution is -2.00. The van der Waals surface area contributed by atoms with Crippen molar-refractivity contribution >= 4 is 16.5 Å². The van der Waals surface area contributed by atoms with Gasteiger partial charge in [0, 0.05) is 17.8 Å². The number of benzene rings is 1. The molecule has 0 saturated heterocycles. The van der Waals surface area contributed by atoms with Crippen molar-refractivity contribution in [1.29, 1.82) is 0 Å². The first-order valence-corrected chi connectivity index (χ1v) is 5.40. The number of nitrogens with zero attached hydrogens (tertiary/aromatic N) is 2. The van der Waals surface area contributed by atoms with Crippen LogP contribution in [0.5, 0.6) is 0 Å². The standard InChI is InChI=1S/C13H14N2O/c1-2-3-13(15-16)11-4-5-12-9-14-7-6-10(12)8-11/h4-9,16H,2-3H2,1H3/b15-13+. The molecule has 16 heavy (non-hydrogen) atoms. The average Bonchev–Trinajstić information content (AvgIpc) is 2.35. The Morgan fingerprint density at radius 3 is 2.94 bits per heavy atom. The fourth-order valence-electron chi connectivity index (χ4n) is 1.75. The third kappa shape index (κ3) is 2.03. The van der Waals surface area contributed by atoms with E-state index in [9.17, 15) is 0 Å². The lowest BCUT2D eigenvalue weighted by molar-refractivity contribution is 0.318. The number of hydrogen-bond acceptors (Lipinski definition) is 3. The average molecular weight is 214 g/mol. The lowest BCUT2D eigenvalue weighted by Gasteiger charge is -2.04. The molecule has 0 aliphatic heterocycles. The van der Waals surface area contributed by atoms with Crippen LogP contribution in [0, 0.1) is 0 Å². The maximum atomic E-state index is 8.96. The van der Waals surface area contributed by atoms with Crippen LogP contribution in [-0.4, -0.2) is 15.9 Å². The van der Waals surface area contributed by atoms with Gasteiger partial charge in [-0.1, -0.05) is 30.6 Å². The number of pyridine rings is 1. The fraction of sp³-hybridized carbons (Fsp3) is 0.231. The molecule has 1 aromatic heterocycles. The van der Waals surface area contributed by atoms with Gasteiger partial charge in [0.15, 0.2) is 0 Å². The van der Waals surface area contributed by atoms with Crippen LogP contribution in [0.4, 0.5) is 0 Å². The van der Waals surface area contributed by atoms with E-state index in [0.29, 0.717) is 0 Å². The molecule has 0 saturated carbocycles. The van der Waals surface area contributed by atoms with Gasteiger partial charge in [0.25, 0.3) is 0 Å². The predicted molar refractivity (Wildman–Crippen MR) is 65.0 cm³/mol. The van der Waals surface area contributed by atoms with E-state index >= 15 is 0 Å². The molecule has 0 unspecified atom stereocenters. The number of aromatic nitrogens is 1. The first-order valence-electron chi connectivity index (χ1n) is 5.40. The van der Waals surface area contributed by atoms with Crippen LogP contribution in [0.2, 0.25) is 0 Å². The minimum atomic E-state index is 0.737. The van der Waals surface area contributed by atoms with E-state index in [0.717, 1.165) is 34.9 Å². The summed E-state index contributed by atoms with van der Waals surface area (Å²) in [7, 11) is 0. The van der Waals surface area contributed by atoms with Crippen molar-refractivity contribution < 1.29 is 5.21 Å². The van der Waals surface area contributed by atoms with Crippen molar-refractivity contribution in [3.8, 4) is 0 Å². The summed E-state index contributed by atoms with van der Waals surface area (Å²) in [6.45, 7) is 2.07. The molecule has 2 rings (SSSR count). The molecule has 1 N–H and O–H groups in total. The van der Waals surface area contributed by atoms with Gasteiger partial charge in [-0.2, -0.15) is 0 Å². The molecule has 0 radical (unpaired) electrons. The summed E-state index contributed by atoms with van der Waals surface area (Å²) in [6, 6.07) is 7.95. The number of rotatable bonds is 3. The fourth-order valence-corrected chi connectivity index (χ4v) is 1.75. The molecule has 0 bridgehead atoms. The maximum Gasteiger partial charge on any atom is 0.0867 e. The first kappa shape index (κ1) is 10.6. The third-order valence-corrected chi connectivity index (χ3v) is 2.58. The highest BCUT2D eigenvalue weighted by atomic mass is 16.4. The molecule has 0 fully saturated rings. The first-order chi connectivity index (χ1) is 7.85. The minimum absolute atomic E-state index is 0.737. The van der Waals surface area contributed by atoms with Gasteiger partial charge in [-0.05, 0) is 29.5 Å². The Labute approximate surface area is 94.4 Å². The van der Waals surface area contributed by atoms with E-state index in [-0.39, 0.29) is 0 Å². The van der Waals surface area contributed by atoms with Crippen LogP contribution in [0.3, 0.4) is 0 Å². The molecule has 1 heterocycles. The van der Waals surface area contributed by atoms with Gasteiger partial charge in [0.05, 0.1) is 5.71 Å². The predicted octanol–water partition coefficient (Wildman–Crippen LogP) is 3.21. The van der Waals surface area contributed by atoms with Gasteiger partial charge in [-0.25, -0.2) is 0 Å². The second kappa shape index (κ2) is 4.75. The Morgan fingerprint density at radius 2 is 2.19 bits per heavy atom. The van der Waals surface area contributed by atoms with Crippen LogP contribution in [0.15, 0.2) is 41.8 Å². The van der Waals surface area contributed by atoms with Crippen molar-refractivity contribution in [2.75, 3.05) is 0 Å². The molecule has 0 spiro atoms. The molecule has 0 aliphatic carbocycles. The molecule has 0 amide bonds. The third-order valence-electron chi connectivity index (χ3n) is 2.58. The van der Waals surface area contributed by atoms with E-state index in [1.54, 1.807) is 6.20 Å². The van der Waals surface area contributed by atoms with Crippen LogP contribution in [-0.2, 0) is 0 Å². The van der Waals surface area contributed by atoms with Gasteiger partial charge in [0.1, 0.15) is 0 Å². The zero-order valence-corrected chi connectivity index (χ0v) is 9.22. The Balaban J connectivity index is 2.46. The van der Waals surface area contributed by atoms with Crippen LogP contribution in [0.1, 0.15) is 25.3 Å². The lowest BCUT2D eigenvalue weighted by atomic mass is 10.0. The zero-order valence-electron chi connectivity index (χ0n) is 9.22. The summed E-state index contributed by atoms with van der Waals surface area (Å²) in [5.74, 6) is 0. The van der Waals surface area contributed by atoms with E-state index in [1.807, 2.05) is 30.5 Å². The van der Waals surface area contributed by atoms with Crippen molar-refractivity contribution in [3.05, 3.63) is 42.2 Å². The molecule has 0 atom stereocenters. The SMILES string of the molecule is CCC/C(=N\O)c1ccc2cnccc2c1. The zero-order chi connectivity index (χ0) is 11.4. The smallest absolute Gasteiger partial charge is 0.0867 e. The Morgan fingerprint density at radius 1 is 1.31 bits per heavy atom. The Hall–Kier alpha value is -1.90. The molecule has 3 nitrogen and oxygen atoms in total. The van der Waals surface area contributed by atoms with Crippen molar-refractivity contribution in [1.82, 2.24) is 4.98 Å². The van der Waals surface area contributed by atoms with E-state index in [1.165, 1.54) is 0 Å². The Kier molecular flexibility index (Phi) is 3.15. The van der Waals surface area contributed by atoms with E-state index in [4.69, 9.17) is 5.21 Å². The number of hydrogen-bond donors (Lipinski definition) is 1. The number of fused-ring (bicyclic) bond motifs is 1. The molecule has 82 valence electrons. The topological polar surface area (TPSA) is 45.5 Å². The molecule has 3 heteroatoms. The van der Waals surface area contributed by atoms with Crippen LogP contribution in [0.25, 0.3) is 10.8 Å². The second-order valence-corrected chi connectivity index (χ2v) is 3.73. The van der Waals surface area contributed by atoms with Crippen LogP contribution < -0.4 is 0 Å². The monoisotopic (exact) mass is 214 g/mol. The van der Waals surface area contributed by atoms with Crippen molar-refractivity contribution in [3.63, 3.8) is 0 Å². The van der Waals surface area contributed by atoms with Gasteiger partial charge in [0.2, 0.25) is 0 Å². The summed E-state index contributed by atoms with van der Waals surface area (Å²) in [5.41, 5.74) is 1.71. The van der Waals surface area contributed by atoms with Gasteiger partial charge in [-0.3, -0.25) is 4.98 Å². The molecule has 2 aromatic rings. The van der Waals surface area contributed by atoms with Crippen LogP contribution >= 0.6 is 0 Å². The van der Waals surface area contributed by atoms with Gasteiger partial charge >= 0.3 is 0 Å². The molecule has 1 aromatic carbocycles.